The van der Waals surface area contributed by atoms with Crippen molar-refractivity contribution in [3.8, 4) is 0 Å². The van der Waals surface area contributed by atoms with E-state index >= 15 is 0 Å². The second-order valence-electron chi connectivity index (χ2n) is 2.77. The minimum atomic E-state index is -2.39. The van der Waals surface area contributed by atoms with E-state index in [2.05, 4.69) is 0 Å². The van der Waals surface area contributed by atoms with Crippen molar-refractivity contribution < 1.29 is 9.13 Å². The summed E-state index contributed by atoms with van der Waals surface area (Å²) in [7, 11) is -2.39. The van der Waals surface area contributed by atoms with Gasteiger partial charge in [0.05, 0.1) is 5.31 Å². The van der Waals surface area contributed by atoms with Crippen molar-refractivity contribution in [2.24, 2.45) is 0 Å². The third-order valence-corrected chi connectivity index (χ3v) is 2.74. The second-order valence-corrected chi connectivity index (χ2v) is 3.86. The molecule has 0 aromatic heterocycles. The molecule has 1 aliphatic carbocycles. The predicted octanol–water partition coefficient (Wildman–Crippen LogP) is 2.76. The van der Waals surface area contributed by atoms with Crippen molar-refractivity contribution >= 4 is 13.8 Å². The highest BCUT2D eigenvalue weighted by Gasteiger charge is 2.14. The molecular weight excluding hydrogens is 171 g/mol. The molecule has 0 atom stereocenters. The zero-order valence-corrected chi connectivity index (χ0v) is 7.25. The first kappa shape index (κ1) is 7.51. The van der Waals surface area contributed by atoms with Crippen LogP contribution in [-0.2, 0) is 15.6 Å². The lowest BCUT2D eigenvalue weighted by molar-refractivity contribution is 0.520. The fraction of sp³-hybridized carbons (Fsp3) is 0.111. The summed E-state index contributed by atoms with van der Waals surface area (Å²) in [6.45, 7) is 0. The van der Waals surface area contributed by atoms with E-state index in [1.165, 1.54) is 0 Å². The summed E-state index contributed by atoms with van der Waals surface area (Å²) in [5.41, 5.74) is 2.14. The van der Waals surface area contributed by atoms with E-state index in [1.54, 1.807) is 6.08 Å². The quantitative estimate of drug-likeness (QED) is 0.619. The summed E-state index contributed by atoms with van der Waals surface area (Å²) < 4.78 is 21.3. The molecule has 2 rings (SSSR count). The number of rotatable bonds is 1. The Bertz CT molecular complexity index is 408. The maximum Gasteiger partial charge on any atom is 0.344 e. The van der Waals surface area contributed by atoms with Crippen molar-refractivity contribution in [3.63, 3.8) is 0 Å². The lowest BCUT2D eigenvalue weighted by Gasteiger charge is -1.93. The Morgan fingerprint density at radius 2 is 1.92 bits per heavy atom. The first-order valence-electron chi connectivity index (χ1n) is 3.70. The molecule has 0 radical (unpaired) electrons. The lowest BCUT2D eigenvalue weighted by atomic mass is 10.1. The van der Waals surface area contributed by atoms with Crippen LogP contribution in [0.5, 0.6) is 0 Å². The number of benzene rings is 1. The summed E-state index contributed by atoms with van der Waals surface area (Å²) >= 11 is 0. The molecule has 0 saturated heterocycles. The van der Waals surface area contributed by atoms with Gasteiger partial charge < -0.3 is 0 Å². The zero-order chi connectivity index (χ0) is 8.55. The summed E-state index contributed by atoms with van der Waals surface area (Å²) in [6.07, 6.45) is 2.30. The summed E-state index contributed by atoms with van der Waals surface area (Å²) in [6, 6.07) is 7.72. The van der Waals surface area contributed by atoms with Crippen LogP contribution in [0.3, 0.4) is 0 Å². The number of fused-ring (bicyclic) bond motifs is 1. The number of allylic oxidation sites excluding steroid dienone is 1. The van der Waals surface area contributed by atoms with Gasteiger partial charge in [0, 0.05) is 6.42 Å². The number of hydrogen-bond donors (Lipinski definition) is 0. The Balaban J connectivity index is 2.48. The van der Waals surface area contributed by atoms with Crippen LogP contribution in [0.25, 0.3) is 6.08 Å². The summed E-state index contributed by atoms with van der Waals surface area (Å²) in [5.74, 6) is 0. The molecule has 2 nitrogen and oxygen atoms in total. The maximum absolute atomic E-state index is 10.6. The molecule has 60 valence electrons. The highest BCUT2D eigenvalue weighted by molar-refractivity contribution is 7.36. The van der Waals surface area contributed by atoms with E-state index in [4.69, 9.17) is 0 Å². The van der Waals surface area contributed by atoms with Gasteiger partial charge in [0.25, 0.3) is 0 Å². The van der Waals surface area contributed by atoms with Crippen molar-refractivity contribution in [1.82, 2.24) is 0 Å². The fourth-order valence-electron chi connectivity index (χ4n) is 1.38. The molecule has 0 saturated carbocycles. The van der Waals surface area contributed by atoms with Gasteiger partial charge in [-0.2, -0.15) is 0 Å². The van der Waals surface area contributed by atoms with Crippen molar-refractivity contribution in [2.75, 3.05) is 0 Å². The summed E-state index contributed by atoms with van der Waals surface area (Å²) in [4.78, 5) is 0. The van der Waals surface area contributed by atoms with Crippen LogP contribution in [0.15, 0.2) is 29.6 Å². The summed E-state index contributed by atoms with van der Waals surface area (Å²) in [5, 5.41) is 0.520. The SMILES string of the molecule is O=P(=O)C1=Cc2ccccc2C1. The van der Waals surface area contributed by atoms with Crippen molar-refractivity contribution in [2.45, 2.75) is 6.42 Å². The van der Waals surface area contributed by atoms with E-state index < -0.39 is 7.68 Å². The minimum absolute atomic E-state index is 0.520. The third kappa shape index (κ3) is 1.15. The molecule has 0 bridgehead atoms. The normalized spacial score (nSPS) is 13.8. The molecule has 3 heteroatoms. The third-order valence-electron chi connectivity index (χ3n) is 1.98. The van der Waals surface area contributed by atoms with Crippen LogP contribution in [-0.4, -0.2) is 0 Å². The minimum Gasteiger partial charge on any atom is -0.232 e. The largest absolute Gasteiger partial charge is 0.344 e. The zero-order valence-electron chi connectivity index (χ0n) is 6.36. The molecule has 0 unspecified atom stereocenters. The van der Waals surface area contributed by atoms with Crippen LogP contribution in [0.1, 0.15) is 11.1 Å². The van der Waals surface area contributed by atoms with Gasteiger partial charge >= 0.3 is 7.68 Å². The Morgan fingerprint density at radius 3 is 2.58 bits per heavy atom. The first-order chi connectivity index (χ1) is 5.77. The Labute approximate surface area is 70.7 Å². The van der Waals surface area contributed by atoms with E-state index in [9.17, 15) is 9.13 Å². The maximum atomic E-state index is 10.6. The smallest absolute Gasteiger partial charge is 0.232 e. The van der Waals surface area contributed by atoms with Crippen LogP contribution in [0.2, 0.25) is 0 Å². The van der Waals surface area contributed by atoms with Crippen LogP contribution in [0, 0.1) is 0 Å². The van der Waals surface area contributed by atoms with Gasteiger partial charge in [0.15, 0.2) is 0 Å². The van der Waals surface area contributed by atoms with E-state index in [-0.39, 0.29) is 0 Å². The molecule has 1 aromatic rings. The van der Waals surface area contributed by atoms with E-state index in [0.29, 0.717) is 11.7 Å². The lowest BCUT2D eigenvalue weighted by Crippen LogP contribution is -1.79. The van der Waals surface area contributed by atoms with Crippen LogP contribution >= 0.6 is 7.68 Å². The molecule has 0 amide bonds. The molecule has 0 heterocycles. The highest BCUT2D eigenvalue weighted by atomic mass is 31.1. The number of hydrogen-bond acceptors (Lipinski definition) is 2. The van der Waals surface area contributed by atoms with Gasteiger partial charge in [-0.3, -0.25) is 0 Å². The van der Waals surface area contributed by atoms with Gasteiger partial charge in [-0.1, -0.05) is 24.3 Å². The van der Waals surface area contributed by atoms with Crippen LogP contribution < -0.4 is 0 Å². The molecule has 1 aromatic carbocycles. The first-order valence-corrected chi connectivity index (χ1v) is 4.88. The second kappa shape index (κ2) is 2.72. The van der Waals surface area contributed by atoms with E-state index in [0.717, 1.165) is 11.1 Å². The monoisotopic (exact) mass is 178 g/mol. The molecule has 0 N–H and O–H groups in total. The molecule has 0 aliphatic heterocycles. The van der Waals surface area contributed by atoms with Gasteiger partial charge in [-0.25, -0.2) is 9.13 Å². The van der Waals surface area contributed by atoms with Crippen molar-refractivity contribution in [3.05, 3.63) is 40.7 Å². The molecule has 1 aliphatic rings. The predicted molar refractivity (Wildman–Crippen MR) is 46.4 cm³/mol. The van der Waals surface area contributed by atoms with E-state index in [1.807, 2.05) is 24.3 Å². The average molecular weight is 178 g/mol. The van der Waals surface area contributed by atoms with Gasteiger partial charge in [0.2, 0.25) is 0 Å². The van der Waals surface area contributed by atoms with Gasteiger partial charge in [-0.05, 0) is 17.2 Å². The fourth-order valence-corrected chi connectivity index (χ4v) is 1.92. The van der Waals surface area contributed by atoms with Crippen LogP contribution in [0.4, 0.5) is 0 Å². The van der Waals surface area contributed by atoms with Crippen molar-refractivity contribution in [1.29, 1.82) is 0 Å². The Hall–Kier alpha value is -1.14. The Kier molecular flexibility index (Phi) is 1.70. The average Bonchev–Trinajstić information content (AvgIpc) is 2.46. The standard InChI is InChI=1S/C9H7O2P/c10-12(11)9-5-7-3-1-2-4-8(7)6-9/h1-5H,6H2. The molecule has 0 fully saturated rings. The van der Waals surface area contributed by atoms with Gasteiger partial charge in [0.1, 0.15) is 0 Å². The Morgan fingerprint density at radius 1 is 1.17 bits per heavy atom. The molecule has 0 spiro atoms. The molecule has 12 heavy (non-hydrogen) atoms. The molecular formula is C9H7O2P. The highest BCUT2D eigenvalue weighted by Crippen LogP contribution is 2.33. The topological polar surface area (TPSA) is 34.1 Å². The van der Waals surface area contributed by atoms with Gasteiger partial charge in [-0.15, -0.1) is 0 Å².